The molecule has 0 radical (unpaired) electrons. The van der Waals surface area contributed by atoms with E-state index < -0.39 is 28.5 Å². The van der Waals surface area contributed by atoms with E-state index in [1.807, 2.05) is 32.9 Å². The second-order valence-corrected chi connectivity index (χ2v) is 13.3. The number of nitrogens with one attached hydrogen (secondary N) is 1. The number of halogens is 2. The standard InChI is InChI=1S/C28H39Cl2N3O4S/c1-8-19(3)31-27(35)25(9-2)32(17-20-10-13-22(29)16-24(20)30)26(34)18-33(38(7,36)37)23-14-11-21(12-15-23)28(4,5)6/h10-16,19,25H,8-9,17-18H2,1-7H3,(H,31,35)/t19-,25-/m1/s1. The lowest BCUT2D eigenvalue weighted by molar-refractivity contribution is -0.140. The summed E-state index contributed by atoms with van der Waals surface area (Å²) in [6, 6.07) is 11.1. The zero-order chi connectivity index (χ0) is 28.8. The van der Waals surface area contributed by atoms with Crippen LogP contribution in [0.4, 0.5) is 5.69 Å². The Balaban J connectivity index is 2.49. The van der Waals surface area contributed by atoms with Crippen molar-refractivity contribution in [1.82, 2.24) is 10.2 Å². The number of sulfonamides is 1. The Kier molecular flexibility index (Phi) is 11.1. The molecule has 7 nitrogen and oxygen atoms in total. The fraction of sp³-hybridized carbons (Fsp3) is 0.500. The summed E-state index contributed by atoms with van der Waals surface area (Å²) in [4.78, 5) is 28.4. The van der Waals surface area contributed by atoms with Crippen molar-refractivity contribution in [2.75, 3.05) is 17.1 Å². The molecule has 0 bridgehead atoms. The average Bonchev–Trinajstić information content (AvgIpc) is 2.82. The van der Waals surface area contributed by atoms with Crippen molar-refractivity contribution >= 4 is 50.7 Å². The van der Waals surface area contributed by atoms with E-state index in [1.165, 1.54) is 4.90 Å². The zero-order valence-electron chi connectivity index (χ0n) is 23.2. The van der Waals surface area contributed by atoms with Crippen molar-refractivity contribution < 1.29 is 18.0 Å². The Bertz CT molecular complexity index is 1230. The first-order valence-electron chi connectivity index (χ1n) is 12.7. The van der Waals surface area contributed by atoms with Crippen molar-refractivity contribution in [3.05, 3.63) is 63.6 Å². The molecule has 0 fully saturated rings. The van der Waals surface area contributed by atoms with E-state index in [0.29, 0.717) is 27.7 Å². The first-order chi connectivity index (χ1) is 17.6. The minimum Gasteiger partial charge on any atom is -0.352 e. The highest BCUT2D eigenvalue weighted by atomic mass is 35.5. The second-order valence-electron chi connectivity index (χ2n) is 10.6. The molecule has 0 aromatic heterocycles. The SMILES string of the molecule is CC[C@@H](C)NC(=O)[C@@H](CC)N(Cc1ccc(Cl)cc1Cl)C(=O)CN(c1ccc(C(C)(C)C)cc1)S(C)(=O)=O. The molecule has 0 aliphatic rings. The summed E-state index contributed by atoms with van der Waals surface area (Å²) in [6.07, 6.45) is 2.12. The highest BCUT2D eigenvalue weighted by molar-refractivity contribution is 7.92. The van der Waals surface area contributed by atoms with Crippen LogP contribution in [0.15, 0.2) is 42.5 Å². The van der Waals surface area contributed by atoms with Gasteiger partial charge in [-0.25, -0.2) is 8.42 Å². The molecule has 0 saturated heterocycles. The Labute approximate surface area is 237 Å². The molecule has 0 aliphatic carbocycles. The molecule has 0 spiro atoms. The smallest absolute Gasteiger partial charge is 0.244 e. The average molecular weight is 585 g/mol. The van der Waals surface area contributed by atoms with Crippen LogP contribution in [0, 0.1) is 0 Å². The maximum absolute atomic E-state index is 13.8. The molecule has 0 unspecified atom stereocenters. The fourth-order valence-electron chi connectivity index (χ4n) is 3.94. The van der Waals surface area contributed by atoms with Gasteiger partial charge in [-0.1, -0.05) is 76.0 Å². The Hall–Kier alpha value is -2.29. The molecule has 2 amide bonds. The van der Waals surface area contributed by atoms with Crippen LogP contribution >= 0.6 is 23.2 Å². The monoisotopic (exact) mass is 583 g/mol. The Morgan fingerprint density at radius 2 is 1.61 bits per heavy atom. The molecule has 10 heteroatoms. The van der Waals surface area contributed by atoms with Crippen molar-refractivity contribution in [2.24, 2.45) is 0 Å². The summed E-state index contributed by atoms with van der Waals surface area (Å²) in [5.41, 5.74) is 1.89. The highest BCUT2D eigenvalue weighted by Gasteiger charge is 2.32. The number of anilines is 1. The zero-order valence-corrected chi connectivity index (χ0v) is 25.5. The van der Waals surface area contributed by atoms with Gasteiger partial charge in [0.1, 0.15) is 12.6 Å². The molecule has 2 atom stereocenters. The van der Waals surface area contributed by atoms with Gasteiger partial charge >= 0.3 is 0 Å². The van der Waals surface area contributed by atoms with Crippen LogP contribution in [0.5, 0.6) is 0 Å². The van der Waals surface area contributed by atoms with Crippen molar-refractivity contribution in [1.29, 1.82) is 0 Å². The summed E-state index contributed by atoms with van der Waals surface area (Å²) < 4.78 is 26.7. The predicted molar refractivity (Wildman–Crippen MR) is 156 cm³/mol. The quantitative estimate of drug-likeness (QED) is 0.363. The minimum absolute atomic E-state index is 0.0157. The predicted octanol–water partition coefficient (Wildman–Crippen LogP) is 5.78. The van der Waals surface area contributed by atoms with Gasteiger partial charge < -0.3 is 10.2 Å². The lowest BCUT2D eigenvalue weighted by Crippen LogP contribution is -2.53. The highest BCUT2D eigenvalue weighted by Crippen LogP contribution is 2.27. The third-order valence-corrected chi connectivity index (χ3v) is 8.17. The van der Waals surface area contributed by atoms with Gasteiger partial charge in [0.05, 0.1) is 11.9 Å². The summed E-state index contributed by atoms with van der Waals surface area (Å²) in [7, 11) is -3.82. The van der Waals surface area contributed by atoms with Crippen molar-refractivity contribution in [3.8, 4) is 0 Å². The maximum Gasteiger partial charge on any atom is 0.244 e. The van der Waals surface area contributed by atoms with Crippen LogP contribution in [0.1, 0.15) is 65.5 Å². The Morgan fingerprint density at radius 1 is 1.00 bits per heavy atom. The van der Waals surface area contributed by atoms with E-state index in [0.717, 1.165) is 22.5 Å². The second kappa shape index (κ2) is 13.2. The topological polar surface area (TPSA) is 86.8 Å². The van der Waals surface area contributed by atoms with E-state index in [1.54, 1.807) is 30.3 Å². The summed E-state index contributed by atoms with van der Waals surface area (Å²) >= 11 is 12.5. The molecule has 0 heterocycles. The third kappa shape index (κ3) is 8.61. The molecule has 38 heavy (non-hydrogen) atoms. The molecule has 0 saturated carbocycles. The summed E-state index contributed by atoms with van der Waals surface area (Å²) in [5.74, 6) is -0.826. The third-order valence-electron chi connectivity index (χ3n) is 6.44. The first-order valence-corrected chi connectivity index (χ1v) is 15.3. The van der Waals surface area contributed by atoms with E-state index in [9.17, 15) is 18.0 Å². The molecule has 2 aromatic rings. The number of hydrogen-bond acceptors (Lipinski definition) is 4. The maximum atomic E-state index is 13.8. The van der Waals surface area contributed by atoms with Gasteiger partial charge in [-0.2, -0.15) is 0 Å². The van der Waals surface area contributed by atoms with Gasteiger partial charge in [0, 0.05) is 22.6 Å². The van der Waals surface area contributed by atoms with Gasteiger partial charge in [0.15, 0.2) is 0 Å². The van der Waals surface area contributed by atoms with Crippen LogP contribution < -0.4 is 9.62 Å². The number of carbonyl (C=O) groups is 2. The summed E-state index contributed by atoms with van der Waals surface area (Å²) in [5, 5.41) is 3.74. The Morgan fingerprint density at radius 3 is 2.08 bits per heavy atom. The molecule has 1 N–H and O–H groups in total. The van der Waals surface area contributed by atoms with Gasteiger partial charge in [-0.15, -0.1) is 0 Å². The number of carbonyl (C=O) groups excluding carboxylic acids is 2. The fourth-order valence-corrected chi connectivity index (χ4v) is 5.25. The van der Waals surface area contributed by atoms with Gasteiger partial charge in [-0.05, 0) is 60.6 Å². The van der Waals surface area contributed by atoms with Gasteiger partial charge in [-0.3, -0.25) is 13.9 Å². The number of amides is 2. The van der Waals surface area contributed by atoms with Crippen LogP contribution in [0.25, 0.3) is 0 Å². The number of rotatable bonds is 11. The van der Waals surface area contributed by atoms with Crippen LogP contribution in [0.3, 0.4) is 0 Å². The normalized spacial score (nSPS) is 13.5. The first kappa shape index (κ1) is 31.9. The van der Waals surface area contributed by atoms with Gasteiger partial charge in [0.2, 0.25) is 21.8 Å². The van der Waals surface area contributed by atoms with Crippen LogP contribution in [0.2, 0.25) is 10.0 Å². The molecule has 0 aliphatic heterocycles. The van der Waals surface area contributed by atoms with Crippen LogP contribution in [-0.2, 0) is 31.6 Å². The molecule has 2 aromatic carbocycles. The van der Waals surface area contributed by atoms with E-state index in [-0.39, 0.29) is 23.9 Å². The lowest BCUT2D eigenvalue weighted by atomic mass is 9.87. The van der Waals surface area contributed by atoms with Crippen LogP contribution in [-0.4, -0.2) is 50.0 Å². The minimum atomic E-state index is -3.82. The van der Waals surface area contributed by atoms with E-state index >= 15 is 0 Å². The van der Waals surface area contributed by atoms with E-state index in [4.69, 9.17) is 23.2 Å². The lowest BCUT2D eigenvalue weighted by Gasteiger charge is -2.33. The van der Waals surface area contributed by atoms with E-state index in [2.05, 4.69) is 26.1 Å². The summed E-state index contributed by atoms with van der Waals surface area (Å²) in [6.45, 7) is 11.4. The number of nitrogens with zero attached hydrogens (tertiary/aromatic N) is 2. The number of benzene rings is 2. The molecule has 2 rings (SSSR count). The molecule has 210 valence electrons. The van der Waals surface area contributed by atoms with Crippen molar-refractivity contribution in [2.45, 2.75) is 78.4 Å². The largest absolute Gasteiger partial charge is 0.352 e. The number of hydrogen-bond donors (Lipinski definition) is 1. The molecular weight excluding hydrogens is 545 g/mol. The van der Waals surface area contributed by atoms with Gasteiger partial charge in [0.25, 0.3) is 0 Å². The van der Waals surface area contributed by atoms with Crippen molar-refractivity contribution in [3.63, 3.8) is 0 Å². The molecular formula is C28H39Cl2N3O4S.